The van der Waals surface area contributed by atoms with Crippen LogP contribution in [0.2, 0.25) is 0 Å². The van der Waals surface area contributed by atoms with Crippen molar-refractivity contribution in [2.24, 2.45) is 0 Å². The summed E-state index contributed by atoms with van der Waals surface area (Å²) in [7, 11) is 0. The van der Waals surface area contributed by atoms with Crippen molar-refractivity contribution < 1.29 is 58.9 Å². The lowest BCUT2D eigenvalue weighted by molar-refractivity contribution is -0.296. The fraction of sp³-hybridized carbons (Fsp3) is 0.192. The molecule has 16 heteroatoms. The first-order valence-corrected chi connectivity index (χ1v) is 11.9. The molecule has 2 amide bonds. The molecular weight excluding hydrogens is 586 g/mol. The molecule has 0 saturated heterocycles. The van der Waals surface area contributed by atoms with Gasteiger partial charge >= 0.3 is 31.0 Å². The topological polar surface area (TPSA) is 81.3 Å². The highest BCUT2D eigenvalue weighted by Crippen LogP contribution is 2.54. The summed E-state index contributed by atoms with van der Waals surface area (Å²) < 4.78 is 125. The van der Waals surface area contributed by atoms with E-state index in [0.717, 1.165) is 17.1 Å². The molecular formula is C26H15F8N3O5. The number of benzene rings is 3. The standard InChI is InChI=1S/C26H15F8N3O5/c27-22(28)39-15-5-1-12(2-6-15)21-16(13-3-7-19-20(9-13)42-26(33,34)41-19)11-37(36-21)23(38)35-14-4-8-18-17(10-14)24(29,30)25(31,32)40-18/h1-10,22,36H,11H2,(H,35,38). The summed E-state index contributed by atoms with van der Waals surface area (Å²) in [5.74, 6) is -6.07. The Morgan fingerprint density at radius 2 is 1.52 bits per heavy atom. The van der Waals surface area contributed by atoms with E-state index in [1.165, 1.54) is 42.5 Å². The summed E-state index contributed by atoms with van der Waals surface area (Å²) in [6.45, 7) is -3.30. The number of fused-ring (bicyclic) bond motifs is 2. The number of amides is 2. The Balaban J connectivity index is 1.28. The summed E-state index contributed by atoms with van der Waals surface area (Å²) in [5, 5.41) is 3.31. The number of carbonyl (C=O) groups excluding carboxylic acids is 1. The molecule has 3 aliphatic rings. The molecule has 42 heavy (non-hydrogen) atoms. The minimum absolute atomic E-state index is 0.156. The van der Waals surface area contributed by atoms with E-state index < -0.39 is 42.3 Å². The van der Waals surface area contributed by atoms with E-state index in [2.05, 4.69) is 29.7 Å². The van der Waals surface area contributed by atoms with Gasteiger partial charge in [0.05, 0.1) is 17.8 Å². The van der Waals surface area contributed by atoms with Crippen LogP contribution in [0.3, 0.4) is 0 Å². The smallest absolute Gasteiger partial charge is 0.435 e. The van der Waals surface area contributed by atoms with E-state index >= 15 is 0 Å². The van der Waals surface area contributed by atoms with Gasteiger partial charge in [0, 0.05) is 16.8 Å². The van der Waals surface area contributed by atoms with Gasteiger partial charge in [-0.2, -0.15) is 26.3 Å². The van der Waals surface area contributed by atoms with E-state index in [-0.39, 0.29) is 35.2 Å². The van der Waals surface area contributed by atoms with Crippen LogP contribution in [-0.4, -0.2) is 36.6 Å². The number of carbonyl (C=O) groups is 1. The molecule has 0 radical (unpaired) electrons. The Kier molecular flexibility index (Phi) is 6.06. The highest BCUT2D eigenvalue weighted by molar-refractivity contribution is 5.99. The molecule has 0 unspecified atom stereocenters. The number of nitrogens with one attached hydrogen (secondary N) is 2. The van der Waals surface area contributed by atoms with Crippen molar-refractivity contribution in [3.63, 3.8) is 0 Å². The molecule has 0 bridgehead atoms. The van der Waals surface area contributed by atoms with Crippen LogP contribution in [0.1, 0.15) is 16.7 Å². The molecule has 8 nitrogen and oxygen atoms in total. The zero-order valence-corrected chi connectivity index (χ0v) is 20.6. The van der Waals surface area contributed by atoms with Crippen LogP contribution < -0.4 is 29.7 Å². The number of hydrazine groups is 1. The van der Waals surface area contributed by atoms with Gasteiger partial charge in [-0.05, 0) is 60.2 Å². The van der Waals surface area contributed by atoms with Gasteiger partial charge in [-0.25, -0.2) is 9.80 Å². The number of anilines is 1. The quantitative estimate of drug-likeness (QED) is 0.321. The first-order valence-electron chi connectivity index (χ1n) is 11.9. The third kappa shape index (κ3) is 4.71. The maximum Gasteiger partial charge on any atom is 0.586 e. The van der Waals surface area contributed by atoms with E-state index in [4.69, 9.17) is 0 Å². The molecule has 0 fully saturated rings. The summed E-state index contributed by atoms with van der Waals surface area (Å²) in [6, 6.07) is 10.8. The summed E-state index contributed by atoms with van der Waals surface area (Å²) >= 11 is 0. The van der Waals surface area contributed by atoms with Crippen LogP contribution in [0.4, 0.5) is 45.6 Å². The van der Waals surface area contributed by atoms with Crippen molar-refractivity contribution in [2.75, 3.05) is 11.9 Å². The van der Waals surface area contributed by atoms with Crippen molar-refractivity contribution >= 4 is 23.0 Å². The second-order valence-electron chi connectivity index (χ2n) is 9.12. The average molecular weight is 601 g/mol. The fourth-order valence-corrected chi connectivity index (χ4v) is 4.51. The predicted molar refractivity (Wildman–Crippen MR) is 127 cm³/mol. The Morgan fingerprint density at radius 3 is 2.24 bits per heavy atom. The van der Waals surface area contributed by atoms with E-state index in [9.17, 15) is 39.9 Å². The maximum absolute atomic E-state index is 14.1. The maximum atomic E-state index is 14.1. The summed E-state index contributed by atoms with van der Waals surface area (Å²) in [5.41, 5.74) is 2.68. The Hall–Kier alpha value is -4.89. The first kappa shape index (κ1) is 27.3. The molecule has 3 heterocycles. The lowest BCUT2D eigenvalue weighted by atomic mass is 10.00. The minimum Gasteiger partial charge on any atom is -0.435 e. The third-order valence-electron chi connectivity index (χ3n) is 6.40. The van der Waals surface area contributed by atoms with E-state index in [0.29, 0.717) is 22.8 Å². The Labute approximate surface area is 230 Å². The molecule has 3 aromatic carbocycles. The lowest BCUT2D eigenvalue weighted by Crippen LogP contribution is -2.40. The first-order chi connectivity index (χ1) is 19.7. The monoisotopic (exact) mass is 601 g/mol. The van der Waals surface area contributed by atoms with Gasteiger partial charge in [-0.1, -0.05) is 6.07 Å². The fourth-order valence-electron chi connectivity index (χ4n) is 4.51. The van der Waals surface area contributed by atoms with Gasteiger partial charge in [-0.3, -0.25) is 5.43 Å². The summed E-state index contributed by atoms with van der Waals surface area (Å²) in [4.78, 5) is 13.1. The van der Waals surface area contributed by atoms with Crippen LogP contribution in [-0.2, 0) is 5.92 Å². The number of hydrogen-bond donors (Lipinski definition) is 2. The van der Waals surface area contributed by atoms with Gasteiger partial charge < -0.3 is 24.3 Å². The number of halogens is 8. The highest BCUT2D eigenvalue weighted by atomic mass is 19.3. The normalized spacial score (nSPS) is 18.9. The van der Waals surface area contributed by atoms with Crippen LogP contribution >= 0.6 is 0 Å². The predicted octanol–water partition coefficient (Wildman–Crippen LogP) is 6.61. The molecule has 220 valence electrons. The van der Waals surface area contributed by atoms with Crippen LogP contribution in [0.25, 0.3) is 11.3 Å². The van der Waals surface area contributed by atoms with Crippen molar-refractivity contribution in [3.8, 4) is 23.0 Å². The summed E-state index contributed by atoms with van der Waals surface area (Å²) in [6.07, 6.45) is -8.66. The van der Waals surface area contributed by atoms with E-state index in [1.807, 2.05) is 0 Å². The van der Waals surface area contributed by atoms with Crippen molar-refractivity contribution in [3.05, 3.63) is 77.4 Å². The largest absolute Gasteiger partial charge is 0.586 e. The Morgan fingerprint density at radius 1 is 0.857 bits per heavy atom. The second-order valence-corrected chi connectivity index (χ2v) is 9.12. The second kappa shape index (κ2) is 9.32. The van der Waals surface area contributed by atoms with E-state index in [1.54, 1.807) is 0 Å². The number of urea groups is 1. The molecule has 3 aromatic rings. The number of nitrogens with zero attached hydrogens (tertiary/aromatic N) is 1. The van der Waals surface area contributed by atoms with Gasteiger partial charge in [0.2, 0.25) is 0 Å². The molecule has 0 aliphatic carbocycles. The highest BCUT2D eigenvalue weighted by Gasteiger charge is 2.66. The SMILES string of the molecule is O=C(Nc1ccc2c(c1)C(F)(F)C(F)(F)O2)N1CC(c2ccc3c(c2)OC(F)(F)O3)=C(c2ccc(OC(F)F)cc2)N1. The third-order valence-corrected chi connectivity index (χ3v) is 6.40. The molecule has 3 aliphatic heterocycles. The number of hydrogen-bond acceptors (Lipinski definition) is 6. The van der Waals surface area contributed by atoms with Crippen LogP contribution in [0.15, 0.2) is 60.7 Å². The number of rotatable bonds is 5. The number of ether oxygens (including phenoxy) is 4. The molecule has 0 spiro atoms. The number of alkyl halides is 8. The minimum atomic E-state index is -4.77. The Bertz CT molecular complexity index is 1610. The molecule has 6 rings (SSSR count). The van der Waals surface area contributed by atoms with Crippen LogP contribution in [0.5, 0.6) is 23.0 Å². The van der Waals surface area contributed by atoms with Crippen molar-refractivity contribution in [2.45, 2.75) is 24.9 Å². The molecule has 0 aromatic heterocycles. The van der Waals surface area contributed by atoms with Crippen molar-refractivity contribution in [1.82, 2.24) is 10.4 Å². The lowest BCUT2D eigenvalue weighted by Gasteiger charge is -2.19. The molecule has 0 saturated carbocycles. The van der Waals surface area contributed by atoms with Gasteiger partial charge in [0.25, 0.3) is 0 Å². The van der Waals surface area contributed by atoms with Crippen LogP contribution in [0, 0.1) is 0 Å². The molecule has 2 N–H and O–H groups in total. The average Bonchev–Trinajstić information content (AvgIpc) is 3.53. The van der Waals surface area contributed by atoms with Gasteiger partial charge in [-0.15, -0.1) is 8.78 Å². The van der Waals surface area contributed by atoms with Gasteiger partial charge in [0.1, 0.15) is 11.5 Å². The zero-order valence-electron chi connectivity index (χ0n) is 20.6. The van der Waals surface area contributed by atoms with Gasteiger partial charge in [0.15, 0.2) is 11.5 Å². The van der Waals surface area contributed by atoms with Crippen molar-refractivity contribution in [1.29, 1.82) is 0 Å². The zero-order chi connectivity index (χ0) is 30.0. The molecule has 0 atom stereocenters.